The number of amides is 2. The zero-order valence-corrected chi connectivity index (χ0v) is 21.5. The van der Waals surface area contributed by atoms with Crippen molar-refractivity contribution in [2.45, 2.75) is 65.3 Å². The predicted molar refractivity (Wildman–Crippen MR) is 132 cm³/mol. The molecule has 0 aliphatic carbocycles. The van der Waals surface area contributed by atoms with E-state index < -0.39 is 6.04 Å². The number of hydrogen-bond donors (Lipinski definition) is 2. The van der Waals surface area contributed by atoms with E-state index in [1.54, 1.807) is 30.4 Å². The van der Waals surface area contributed by atoms with E-state index >= 15 is 0 Å². The molecule has 180 valence electrons. The Hall–Kier alpha value is -2.29. The number of nitrogens with one attached hydrogen (secondary N) is 2. The van der Waals surface area contributed by atoms with Gasteiger partial charge in [0, 0.05) is 20.1 Å². The van der Waals surface area contributed by atoms with E-state index in [0.717, 1.165) is 21.7 Å². The van der Waals surface area contributed by atoms with Gasteiger partial charge >= 0.3 is 0 Å². The average Bonchev–Trinajstić information content (AvgIpc) is 3.39. The molecule has 2 aromatic rings. The van der Waals surface area contributed by atoms with Crippen molar-refractivity contribution >= 4 is 23.2 Å². The Morgan fingerprint density at radius 1 is 1.24 bits per heavy atom. The molecule has 2 N–H and O–H groups in total. The molecule has 1 saturated heterocycles. The number of thiazole rings is 1. The molecule has 0 unspecified atom stereocenters. The molecule has 2 heterocycles. The molecule has 1 aliphatic rings. The number of hydrogen-bond acceptors (Lipinski definition) is 6. The van der Waals surface area contributed by atoms with E-state index in [0.29, 0.717) is 13.0 Å². The monoisotopic (exact) mass is 472 g/mol. The summed E-state index contributed by atoms with van der Waals surface area (Å²) in [6.07, 6.45) is 0.338. The van der Waals surface area contributed by atoms with Gasteiger partial charge in [0.15, 0.2) is 0 Å². The highest BCUT2D eigenvalue weighted by Crippen LogP contribution is 2.29. The smallest absolute Gasteiger partial charge is 0.243 e. The fraction of sp³-hybridized carbons (Fsp3) is 0.560. The lowest BCUT2D eigenvalue weighted by Gasteiger charge is -2.35. The second-order valence-corrected chi connectivity index (χ2v) is 10.7. The van der Waals surface area contributed by atoms with Crippen molar-refractivity contribution in [2.75, 3.05) is 20.7 Å². The van der Waals surface area contributed by atoms with Crippen molar-refractivity contribution in [3.8, 4) is 10.4 Å². The van der Waals surface area contributed by atoms with Gasteiger partial charge in [-0.1, -0.05) is 45.0 Å². The third kappa shape index (κ3) is 5.62. The van der Waals surface area contributed by atoms with E-state index in [2.05, 4.69) is 27.8 Å². The summed E-state index contributed by atoms with van der Waals surface area (Å²) >= 11 is 1.62. The summed E-state index contributed by atoms with van der Waals surface area (Å²) in [6, 6.07) is 7.07. The lowest BCUT2D eigenvalue weighted by molar-refractivity contribution is -0.142. The first-order chi connectivity index (χ1) is 15.6. The summed E-state index contributed by atoms with van der Waals surface area (Å²) in [4.78, 5) is 33.8. The molecule has 2 amide bonds. The number of ether oxygens (including phenoxy) is 1. The topological polar surface area (TPSA) is 83.6 Å². The molecule has 3 rings (SSSR count). The zero-order chi connectivity index (χ0) is 24.3. The molecule has 4 atom stereocenters. The minimum Gasteiger partial charge on any atom is -0.380 e. The first-order valence-corrected chi connectivity index (χ1v) is 12.3. The fourth-order valence-corrected chi connectivity index (χ4v) is 5.26. The van der Waals surface area contributed by atoms with Gasteiger partial charge in [-0.3, -0.25) is 9.59 Å². The molecule has 0 radical (unpaired) electrons. The number of likely N-dealkylation sites (tertiary alicyclic amines) is 1. The molecular formula is C25H36N4O3S. The standard InChI is InChI=1S/C25H36N4O3S/c1-15(17-8-10-18(11-9-17)21-16(2)27-14-33-21)28-23(30)20-12-19(32-7)13-29(20)24(31)22(26-6)25(3,4)5/h8-11,14-15,19-20,22,26H,12-13H2,1-7H3,(H,28,30)/t15-,19+,20-,22+/m0/s1. The van der Waals surface area contributed by atoms with Crippen molar-refractivity contribution in [3.05, 3.63) is 41.0 Å². The van der Waals surface area contributed by atoms with Crippen molar-refractivity contribution in [1.82, 2.24) is 20.5 Å². The van der Waals surface area contributed by atoms with Crippen LogP contribution in [0.15, 0.2) is 29.8 Å². The van der Waals surface area contributed by atoms with Gasteiger partial charge in [0.1, 0.15) is 6.04 Å². The van der Waals surface area contributed by atoms with Gasteiger partial charge in [0.2, 0.25) is 11.8 Å². The van der Waals surface area contributed by atoms with Gasteiger partial charge < -0.3 is 20.3 Å². The Labute approximate surface area is 200 Å². The molecule has 33 heavy (non-hydrogen) atoms. The molecule has 0 spiro atoms. The van der Waals surface area contributed by atoms with Crippen LogP contribution in [-0.2, 0) is 14.3 Å². The SMILES string of the molecule is CN[C@H](C(=O)N1C[C@H](OC)C[C@H]1C(=O)N[C@@H](C)c1ccc(-c2scnc2C)cc1)C(C)(C)C. The molecule has 1 aromatic carbocycles. The van der Waals surface area contributed by atoms with Gasteiger partial charge in [-0.05, 0) is 37.4 Å². The summed E-state index contributed by atoms with van der Waals surface area (Å²) in [5.74, 6) is -0.219. The number of carbonyl (C=O) groups is 2. The molecule has 0 saturated carbocycles. The highest BCUT2D eigenvalue weighted by molar-refractivity contribution is 7.13. The van der Waals surface area contributed by atoms with E-state index in [9.17, 15) is 9.59 Å². The Bertz CT molecular complexity index is 967. The molecule has 1 fully saturated rings. The number of carbonyl (C=O) groups excluding carboxylic acids is 2. The number of aromatic nitrogens is 1. The van der Waals surface area contributed by atoms with Gasteiger partial charge in [-0.15, -0.1) is 11.3 Å². The number of rotatable bonds is 7. The van der Waals surface area contributed by atoms with E-state index in [1.807, 2.05) is 52.3 Å². The van der Waals surface area contributed by atoms with Crippen LogP contribution in [0.2, 0.25) is 0 Å². The average molecular weight is 473 g/mol. The molecule has 1 aliphatic heterocycles. The fourth-order valence-electron chi connectivity index (χ4n) is 4.45. The Balaban J connectivity index is 1.73. The van der Waals surface area contributed by atoms with Crippen molar-refractivity contribution in [2.24, 2.45) is 5.41 Å². The van der Waals surface area contributed by atoms with E-state index in [-0.39, 0.29) is 35.4 Å². The third-order valence-corrected chi connectivity index (χ3v) is 7.34. The second kappa shape index (κ2) is 10.3. The molecule has 8 heteroatoms. The largest absolute Gasteiger partial charge is 0.380 e. The van der Waals surface area contributed by atoms with Crippen molar-refractivity contribution < 1.29 is 14.3 Å². The summed E-state index contributed by atoms with van der Waals surface area (Å²) in [5.41, 5.74) is 4.72. The number of aryl methyl sites for hydroxylation is 1. The lowest BCUT2D eigenvalue weighted by Crippen LogP contribution is -2.56. The molecular weight excluding hydrogens is 436 g/mol. The van der Waals surface area contributed by atoms with Gasteiger partial charge in [0.05, 0.1) is 34.3 Å². The maximum atomic E-state index is 13.4. The second-order valence-electron chi connectivity index (χ2n) is 9.81. The van der Waals surface area contributed by atoms with Crippen molar-refractivity contribution in [1.29, 1.82) is 0 Å². The minimum atomic E-state index is -0.554. The number of benzene rings is 1. The first-order valence-electron chi connectivity index (χ1n) is 11.4. The molecule has 1 aromatic heterocycles. The summed E-state index contributed by atoms with van der Waals surface area (Å²) in [6.45, 7) is 10.4. The van der Waals surface area contributed by atoms with Gasteiger partial charge in [-0.25, -0.2) is 4.98 Å². The maximum Gasteiger partial charge on any atom is 0.243 e. The number of likely N-dealkylation sites (N-methyl/N-ethyl adjacent to an activating group) is 1. The number of methoxy groups -OCH3 is 1. The lowest BCUT2D eigenvalue weighted by atomic mass is 9.86. The van der Waals surface area contributed by atoms with Crippen LogP contribution in [0.3, 0.4) is 0 Å². The summed E-state index contributed by atoms with van der Waals surface area (Å²) in [7, 11) is 3.41. The van der Waals surface area contributed by atoms with Gasteiger partial charge in [0.25, 0.3) is 0 Å². The van der Waals surface area contributed by atoms with Crippen molar-refractivity contribution in [3.63, 3.8) is 0 Å². The first kappa shape index (κ1) is 25.3. The Kier molecular flexibility index (Phi) is 7.92. The third-order valence-electron chi connectivity index (χ3n) is 6.36. The highest BCUT2D eigenvalue weighted by atomic mass is 32.1. The van der Waals surface area contributed by atoms with Crippen LogP contribution in [0, 0.1) is 12.3 Å². The summed E-state index contributed by atoms with van der Waals surface area (Å²) < 4.78 is 5.52. The normalized spacial score (nSPS) is 20.5. The zero-order valence-electron chi connectivity index (χ0n) is 20.6. The quantitative estimate of drug-likeness (QED) is 0.644. The molecule has 7 nitrogen and oxygen atoms in total. The Morgan fingerprint density at radius 3 is 2.42 bits per heavy atom. The highest BCUT2D eigenvalue weighted by Gasteiger charge is 2.44. The van der Waals surface area contributed by atoms with Crippen LogP contribution in [0.5, 0.6) is 0 Å². The van der Waals surface area contributed by atoms with Gasteiger partial charge in [-0.2, -0.15) is 0 Å². The summed E-state index contributed by atoms with van der Waals surface area (Å²) in [5, 5.41) is 6.24. The maximum absolute atomic E-state index is 13.4. The van der Waals surface area contributed by atoms with Crippen LogP contribution < -0.4 is 10.6 Å². The molecule has 0 bridgehead atoms. The Morgan fingerprint density at radius 2 is 1.91 bits per heavy atom. The number of nitrogens with zero attached hydrogens (tertiary/aromatic N) is 2. The van der Waals surface area contributed by atoms with Crippen LogP contribution in [-0.4, -0.2) is 60.6 Å². The van der Waals surface area contributed by atoms with Crippen LogP contribution in [0.4, 0.5) is 0 Å². The predicted octanol–water partition coefficient (Wildman–Crippen LogP) is 3.55. The van der Waals surface area contributed by atoms with Crippen LogP contribution in [0.25, 0.3) is 10.4 Å². The minimum absolute atomic E-state index is 0.0679. The van der Waals surface area contributed by atoms with E-state index in [1.165, 1.54) is 0 Å². The van der Waals surface area contributed by atoms with E-state index in [4.69, 9.17) is 4.74 Å². The van der Waals surface area contributed by atoms with Crippen LogP contribution in [0.1, 0.15) is 51.4 Å². The van der Waals surface area contributed by atoms with Crippen LogP contribution >= 0.6 is 11.3 Å².